The van der Waals surface area contributed by atoms with Crippen molar-refractivity contribution < 1.29 is 5.11 Å². The van der Waals surface area contributed by atoms with Crippen LogP contribution >= 0.6 is 0 Å². The summed E-state index contributed by atoms with van der Waals surface area (Å²) < 4.78 is 0. The van der Waals surface area contributed by atoms with Gasteiger partial charge in [0.2, 0.25) is 0 Å². The number of hydrogen-bond acceptors (Lipinski definition) is 2. The van der Waals surface area contributed by atoms with Crippen LogP contribution < -0.4 is 0 Å². The second-order valence-corrected chi connectivity index (χ2v) is 5.19. The lowest BCUT2D eigenvalue weighted by atomic mass is 9.96. The minimum absolute atomic E-state index is 0.184. The van der Waals surface area contributed by atoms with E-state index in [2.05, 4.69) is 35.2 Å². The Morgan fingerprint density at radius 2 is 2.06 bits per heavy atom. The predicted octanol–water partition coefficient (Wildman–Crippen LogP) is 2.81. The summed E-state index contributed by atoms with van der Waals surface area (Å²) in [6.45, 7) is 4.10. The van der Waals surface area contributed by atoms with Gasteiger partial charge in [-0.05, 0) is 38.3 Å². The van der Waals surface area contributed by atoms with Crippen molar-refractivity contribution >= 4 is 0 Å². The molecule has 1 aliphatic rings. The van der Waals surface area contributed by atoms with E-state index >= 15 is 0 Å². The molecule has 1 fully saturated rings. The summed E-state index contributed by atoms with van der Waals surface area (Å²) in [7, 11) is 0. The lowest BCUT2D eigenvalue weighted by Gasteiger charge is -2.36. The maximum atomic E-state index is 9.56. The van der Waals surface area contributed by atoms with Crippen LogP contribution in [0.1, 0.15) is 38.2 Å². The molecule has 1 aromatic rings. The highest BCUT2D eigenvalue weighted by molar-refractivity contribution is 5.14. The van der Waals surface area contributed by atoms with Crippen molar-refractivity contribution in [1.29, 1.82) is 0 Å². The maximum Gasteiger partial charge on any atom is 0.0527 e. The van der Waals surface area contributed by atoms with Gasteiger partial charge in [-0.25, -0.2) is 0 Å². The van der Waals surface area contributed by atoms with E-state index < -0.39 is 0 Å². The third-order valence-corrected chi connectivity index (χ3v) is 3.59. The van der Waals surface area contributed by atoms with Gasteiger partial charge in [-0.3, -0.25) is 4.90 Å². The number of hydrogen-bond donors (Lipinski definition) is 1. The summed E-state index contributed by atoms with van der Waals surface area (Å²) in [5.41, 5.74) is 1.38. The number of nitrogens with zero attached hydrogens (tertiary/aromatic N) is 1. The van der Waals surface area contributed by atoms with Crippen LogP contribution in [-0.2, 0) is 6.54 Å². The standard InChI is InChI=1S/C15H23NO/c1-13(17)11-15-9-5-6-10-16(15)12-14-7-3-2-4-8-14/h2-4,7-8,13,15,17H,5-6,9-12H2,1H3/t13-,15?/m1/s1. The molecule has 0 bridgehead atoms. The van der Waals surface area contributed by atoms with Gasteiger partial charge in [-0.15, -0.1) is 0 Å². The van der Waals surface area contributed by atoms with Crippen LogP contribution in [0.3, 0.4) is 0 Å². The van der Waals surface area contributed by atoms with Gasteiger partial charge in [0.05, 0.1) is 6.10 Å². The van der Waals surface area contributed by atoms with E-state index in [0.717, 1.165) is 13.0 Å². The van der Waals surface area contributed by atoms with Crippen LogP contribution in [0.5, 0.6) is 0 Å². The summed E-state index contributed by atoms with van der Waals surface area (Å²) >= 11 is 0. The first-order valence-electron chi connectivity index (χ1n) is 6.72. The molecule has 0 saturated carbocycles. The molecule has 2 nitrogen and oxygen atoms in total. The highest BCUT2D eigenvalue weighted by atomic mass is 16.3. The van der Waals surface area contributed by atoms with E-state index in [9.17, 15) is 5.11 Å². The third kappa shape index (κ3) is 3.83. The molecule has 2 rings (SSSR count). The van der Waals surface area contributed by atoms with Crippen LogP contribution in [0.25, 0.3) is 0 Å². The van der Waals surface area contributed by atoms with Gasteiger partial charge in [-0.2, -0.15) is 0 Å². The van der Waals surface area contributed by atoms with E-state index in [1.807, 2.05) is 6.92 Å². The zero-order valence-electron chi connectivity index (χ0n) is 10.7. The van der Waals surface area contributed by atoms with Crippen molar-refractivity contribution in [3.05, 3.63) is 35.9 Å². The van der Waals surface area contributed by atoms with Gasteiger partial charge in [0.1, 0.15) is 0 Å². The van der Waals surface area contributed by atoms with E-state index in [1.165, 1.54) is 31.4 Å². The fourth-order valence-corrected chi connectivity index (χ4v) is 2.75. The number of rotatable bonds is 4. The fraction of sp³-hybridized carbons (Fsp3) is 0.600. The molecular weight excluding hydrogens is 210 g/mol. The molecule has 94 valence electrons. The highest BCUT2D eigenvalue weighted by Gasteiger charge is 2.23. The van der Waals surface area contributed by atoms with Gasteiger partial charge in [0, 0.05) is 12.6 Å². The SMILES string of the molecule is C[C@@H](O)CC1CCCCN1Cc1ccccc1. The minimum atomic E-state index is -0.184. The smallest absolute Gasteiger partial charge is 0.0527 e. The lowest BCUT2D eigenvalue weighted by Crippen LogP contribution is -2.40. The summed E-state index contributed by atoms with van der Waals surface area (Å²) in [6, 6.07) is 11.2. The van der Waals surface area contributed by atoms with E-state index in [1.54, 1.807) is 0 Å². The molecular formula is C15H23NO. The molecule has 0 radical (unpaired) electrons. The van der Waals surface area contributed by atoms with Crippen LogP contribution in [0, 0.1) is 0 Å². The Morgan fingerprint density at radius 3 is 2.76 bits per heavy atom. The average Bonchev–Trinajstić information content (AvgIpc) is 2.32. The number of aliphatic hydroxyl groups excluding tert-OH is 1. The Balaban J connectivity index is 1.96. The van der Waals surface area contributed by atoms with Crippen molar-refractivity contribution in [3.63, 3.8) is 0 Å². The van der Waals surface area contributed by atoms with Crippen LogP contribution in [0.2, 0.25) is 0 Å². The minimum Gasteiger partial charge on any atom is -0.393 e. The fourth-order valence-electron chi connectivity index (χ4n) is 2.75. The van der Waals surface area contributed by atoms with E-state index in [0.29, 0.717) is 6.04 Å². The quantitative estimate of drug-likeness (QED) is 0.864. The van der Waals surface area contributed by atoms with Crippen molar-refractivity contribution in [2.24, 2.45) is 0 Å². The molecule has 2 heteroatoms. The van der Waals surface area contributed by atoms with Crippen molar-refractivity contribution in [2.75, 3.05) is 6.54 Å². The summed E-state index contributed by atoms with van der Waals surface area (Å²) in [6.07, 6.45) is 4.56. The van der Waals surface area contributed by atoms with Gasteiger partial charge < -0.3 is 5.11 Å². The molecule has 1 saturated heterocycles. The van der Waals surface area contributed by atoms with E-state index in [4.69, 9.17) is 0 Å². The number of piperidine rings is 1. The van der Waals surface area contributed by atoms with Gasteiger partial charge >= 0.3 is 0 Å². The van der Waals surface area contributed by atoms with Crippen LogP contribution in [-0.4, -0.2) is 28.7 Å². The summed E-state index contributed by atoms with van der Waals surface area (Å²) in [4.78, 5) is 2.53. The molecule has 1 aromatic carbocycles. The Kier molecular flexibility index (Phi) is 4.57. The molecule has 0 aromatic heterocycles. The predicted molar refractivity (Wildman–Crippen MR) is 70.8 cm³/mol. The molecule has 1 unspecified atom stereocenters. The van der Waals surface area contributed by atoms with Crippen LogP contribution in [0.4, 0.5) is 0 Å². The number of aliphatic hydroxyl groups is 1. The second-order valence-electron chi connectivity index (χ2n) is 5.19. The van der Waals surface area contributed by atoms with Crippen LogP contribution in [0.15, 0.2) is 30.3 Å². The summed E-state index contributed by atoms with van der Waals surface area (Å²) in [5, 5.41) is 9.56. The van der Waals surface area contributed by atoms with Crippen molar-refractivity contribution in [2.45, 2.75) is 51.3 Å². The summed E-state index contributed by atoms with van der Waals surface area (Å²) in [5.74, 6) is 0. The molecule has 1 heterocycles. The Hall–Kier alpha value is -0.860. The highest BCUT2D eigenvalue weighted by Crippen LogP contribution is 2.22. The topological polar surface area (TPSA) is 23.5 Å². The van der Waals surface area contributed by atoms with Crippen molar-refractivity contribution in [3.8, 4) is 0 Å². The van der Waals surface area contributed by atoms with Gasteiger partial charge in [-0.1, -0.05) is 36.8 Å². The molecule has 1 N–H and O–H groups in total. The molecule has 0 aliphatic carbocycles. The van der Waals surface area contributed by atoms with Crippen molar-refractivity contribution in [1.82, 2.24) is 4.90 Å². The molecule has 17 heavy (non-hydrogen) atoms. The Bertz CT molecular complexity index is 323. The zero-order valence-corrected chi connectivity index (χ0v) is 10.7. The first kappa shape index (κ1) is 12.6. The number of benzene rings is 1. The average molecular weight is 233 g/mol. The molecule has 0 spiro atoms. The molecule has 1 aliphatic heterocycles. The van der Waals surface area contributed by atoms with Gasteiger partial charge in [0.15, 0.2) is 0 Å². The normalized spacial score (nSPS) is 23.5. The molecule has 2 atom stereocenters. The second kappa shape index (κ2) is 6.18. The molecule has 0 amide bonds. The Labute approximate surface area is 104 Å². The lowest BCUT2D eigenvalue weighted by molar-refractivity contribution is 0.0818. The first-order valence-corrected chi connectivity index (χ1v) is 6.72. The van der Waals surface area contributed by atoms with E-state index in [-0.39, 0.29) is 6.10 Å². The first-order chi connectivity index (χ1) is 8.25. The monoisotopic (exact) mass is 233 g/mol. The zero-order chi connectivity index (χ0) is 12.1. The third-order valence-electron chi connectivity index (χ3n) is 3.59. The maximum absolute atomic E-state index is 9.56. The van der Waals surface area contributed by atoms with Gasteiger partial charge in [0.25, 0.3) is 0 Å². The Morgan fingerprint density at radius 1 is 1.29 bits per heavy atom. The largest absolute Gasteiger partial charge is 0.393 e. The number of likely N-dealkylation sites (tertiary alicyclic amines) is 1.